The van der Waals surface area contributed by atoms with Crippen molar-refractivity contribution < 1.29 is 13.6 Å². The minimum absolute atomic E-state index is 0.456. The van der Waals surface area contributed by atoms with Crippen molar-refractivity contribution in [3.8, 4) is 0 Å². The highest BCUT2D eigenvalue weighted by Gasteiger charge is 2.22. The fourth-order valence-electron chi connectivity index (χ4n) is 1.30. The lowest BCUT2D eigenvalue weighted by Crippen LogP contribution is -2.25. The van der Waals surface area contributed by atoms with Gasteiger partial charge in [-0.1, -0.05) is 25.4 Å². The van der Waals surface area contributed by atoms with Crippen LogP contribution in [0.25, 0.3) is 0 Å². The zero-order valence-electron chi connectivity index (χ0n) is 11.5. The molecule has 0 rings (SSSR count). The molecule has 18 heavy (non-hydrogen) atoms. The van der Waals surface area contributed by atoms with Crippen molar-refractivity contribution >= 4 is 30.1 Å². The van der Waals surface area contributed by atoms with Gasteiger partial charge in [0.25, 0.3) is 0 Å². The van der Waals surface area contributed by atoms with Gasteiger partial charge in [0.15, 0.2) is 0 Å². The molecule has 0 fully saturated rings. The third-order valence-electron chi connectivity index (χ3n) is 2.20. The molecule has 0 aliphatic rings. The van der Waals surface area contributed by atoms with Crippen molar-refractivity contribution in [2.45, 2.75) is 27.7 Å². The lowest BCUT2D eigenvalue weighted by molar-refractivity contribution is 0.182. The number of hydrogen-bond donors (Lipinski definition) is 0. The van der Waals surface area contributed by atoms with Crippen LogP contribution in [-0.2, 0) is 25.4 Å². The number of halogens is 1. The lowest BCUT2D eigenvalue weighted by atomic mass is 10.4. The predicted octanol–water partition coefficient (Wildman–Crippen LogP) is 3.72. The van der Waals surface area contributed by atoms with Crippen LogP contribution in [0.15, 0.2) is 11.3 Å². The van der Waals surface area contributed by atoms with Crippen molar-refractivity contribution in [3.63, 3.8) is 0 Å². The maximum absolute atomic E-state index is 5.78. The molecule has 0 saturated carbocycles. The second kappa shape index (κ2) is 10.2. The first-order valence-corrected chi connectivity index (χ1v) is 9.14. The van der Waals surface area contributed by atoms with Gasteiger partial charge < -0.3 is 4.52 Å². The predicted molar refractivity (Wildman–Crippen MR) is 80.3 cm³/mol. The smallest absolute Gasteiger partial charge is 0.380 e. The average molecular weight is 316 g/mol. The Morgan fingerprint density at radius 1 is 1.17 bits per heavy atom. The molecule has 0 aliphatic carbocycles. The van der Waals surface area contributed by atoms with Crippen LogP contribution in [0.3, 0.4) is 0 Å². The molecule has 7 heteroatoms. The molecule has 0 N–H and O–H groups in total. The van der Waals surface area contributed by atoms with Gasteiger partial charge in [0.1, 0.15) is 5.76 Å². The summed E-state index contributed by atoms with van der Waals surface area (Å²) in [6.07, 6.45) is 0. The lowest BCUT2D eigenvalue weighted by Gasteiger charge is -2.25. The molecule has 0 spiro atoms. The summed E-state index contributed by atoms with van der Waals surface area (Å²) in [7, 11) is 0. The minimum atomic E-state index is -2.72. The highest BCUT2D eigenvalue weighted by atomic mass is 35.5. The van der Waals surface area contributed by atoms with Crippen molar-refractivity contribution in [1.29, 1.82) is 0 Å². The summed E-state index contributed by atoms with van der Waals surface area (Å²) >= 11 is 11.1. The minimum Gasteiger partial charge on any atom is -0.426 e. The molecule has 0 aromatic heterocycles. The second-order valence-corrected chi connectivity index (χ2v) is 6.56. The third kappa shape index (κ3) is 7.07. The topological polar surface area (TPSA) is 30.9 Å². The largest absolute Gasteiger partial charge is 0.426 e. The molecule has 0 bridgehead atoms. The van der Waals surface area contributed by atoms with E-state index in [1.54, 1.807) is 0 Å². The Morgan fingerprint density at radius 3 is 2.00 bits per heavy atom. The Kier molecular flexibility index (Phi) is 10.4. The zero-order valence-corrected chi connectivity index (χ0v) is 14.0. The van der Waals surface area contributed by atoms with Gasteiger partial charge >= 0.3 is 6.72 Å². The fourth-order valence-corrected chi connectivity index (χ4v) is 3.61. The van der Waals surface area contributed by atoms with E-state index in [9.17, 15) is 0 Å². The van der Waals surface area contributed by atoms with E-state index in [2.05, 4.69) is 18.7 Å². The summed E-state index contributed by atoms with van der Waals surface area (Å²) in [5.41, 5.74) is 1.40. The molecular formula is C11H23ClNO3PS. The fraction of sp³-hybridized carbons (Fsp3) is 0.818. The van der Waals surface area contributed by atoms with E-state index in [0.717, 1.165) is 13.1 Å². The number of hydrogen-bond acceptors (Lipinski definition) is 5. The Morgan fingerprint density at radius 2 is 1.67 bits per heavy atom. The van der Waals surface area contributed by atoms with Crippen LogP contribution in [0.5, 0.6) is 0 Å². The van der Waals surface area contributed by atoms with Crippen LogP contribution in [0.2, 0.25) is 0 Å². The maximum Gasteiger partial charge on any atom is 0.380 e. The van der Waals surface area contributed by atoms with E-state index in [0.29, 0.717) is 25.5 Å². The summed E-state index contributed by atoms with van der Waals surface area (Å²) in [5, 5.41) is 0. The van der Waals surface area contributed by atoms with E-state index in [1.165, 1.54) is 5.54 Å². The molecule has 0 aromatic rings. The van der Waals surface area contributed by atoms with Gasteiger partial charge in [-0.3, -0.25) is 13.9 Å². The summed E-state index contributed by atoms with van der Waals surface area (Å²) in [6.45, 7) is 8.52. The molecule has 0 aliphatic heterocycles. The standard InChI is InChI=1S/C11H23ClNO3PS/c1-5-13(6-2)10-11(9-12)16-17(18,14-7-3)15-8-4/h9H,5-8,10H2,1-4H3/b11-9+. The monoisotopic (exact) mass is 315 g/mol. The van der Waals surface area contributed by atoms with Gasteiger partial charge in [-0.2, -0.15) is 0 Å². The Hall–Kier alpha value is 0.360. The van der Waals surface area contributed by atoms with Gasteiger partial charge in [0.2, 0.25) is 0 Å². The number of nitrogens with zero attached hydrogens (tertiary/aromatic N) is 1. The van der Waals surface area contributed by atoms with Crippen LogP contribution in [0, 0.1) is 0 Å². The van der Waals surface area contributed by atoms with E-state index in [1.807, 2.05) is 13.8 Å². The van der Waals surface area contributed by atoms with Gasteiger partial charge in [-0.05, 0) is 26.9 Å². The molecule has 4 nitrogen and oxygen atoms in total. The zero-order chi connectivity index (χ0) is 14.0. The molecule has 0 amide bonds. The number of likely N-dealkylation sites (N-methyl/N-ethyl adjacent to an activating group) is 1. The van der Waals surface area contributed by atoms with E-state index >= 15 is 0 Å². The van der Waals surface area contributed by atoms with Crippen molar-refractivity contribution in [2.24, 2.45) is 0 Å². The van der Waals surface area contributed by atoms with E-state index in [-0.39, 0.29) is 0 Å². The van der Waals surface area contributed by atoms with Crippen LogP contribution in [0.1, 0.15) is 27.7 Å². The molecule has 0 aromatic carbocycles. The number of rotatable bonds is 10. The SMILES string of the molecule is CCOP(=S)(OCC)O/C(=C/Cl)CN(CC)CC. The van der Waals surface area contributed by atoms with E-state index < -0.39 is 6.72 Å². The van der Waals surface area contributed by atoms with Gasteiger partial charge in [-0.15, -0.1) is 0 Å². The Labute approximate surface area is 120 Å². The highest BCUT2D eigenvalue weighted by molar-refractivity contribution is 8.07. The van der Waals surface area contributed by atoms with Gasteiger partial charge in [0, 0.05) is 17.3 Å². The molecule has 108 valence electrons. The highest BCUT2D eigenvalue weighted by Crippen LogP contribution is 2.51. The summed E-state index contributed by atoms with van der Waals surface area (Å²) in [4.78, 5) is 2.17. The quantitative estimate of drug-likeness (QED) is 0.453. The molecular weight excluding hydrogens is 293 g/mol. The molecule has 0 heterocycles. The van der Waals surface area contributed by atoms with Crippen molar-refractivity contribution in [1.82, 2.24) is 4.90 Å². The van der Waals surface area contributed by atoms with Crippen LogP contribution in [0.4, 0.5) is 0 Å². The summed E-state index contributed by atoms with van der Waals surface area (Å²) in [6, 6.07) is 0. The van der Waals surface area contributed by atoms with Gasteiger partial charge in [0.05, 0.1) is 19.8 Å². The first-order valence-electron chi connectivity index (χ1n) is 6.15. The normalized spacial score (nSPS) is 13.1. The Bertz CT molecular complexity index is 288. The third-order valence-corrected chi connectivity index (χ3v) is 4.91. The van der Waals surface area contributed by atoms with E-state index in [4.69, 9.17) is 37.0 Å². The second-order valence-electron chi connectivity index (χ2n) is 3.41. The molecule has 0 unspecified atom stereocenters. The van der Waals surface area contributed by atoms with Crippen molar-refractivity contribution in [2.75, 3.05) is 32.8 Å². The van der Waals surface area contributed by atoms with Crippen LogP contribution in [-0.4, -0.2) is 37.7 Å². The molecule has 0 saturated heterocycles. The Balaban J connectivity index is 4.62. The van der Waals surface area contributed by atoms with Crippen LogP contribution < -0.4 is 0 Å². The first kappa shape index (κ1) is 18.4. The summed E-state index contributed by atoms with van der Waals surface area (Å²) in [5.74, 6) is 0.589. The average Bonchev–Trinajstić information content (AvgIpc) is 2.35. The summed E-state index contributed by atoms with van der Waals surface area (Å²) < 4.78 is 16.5. The van der Waals surface area contributed by atoms with Crippen LogP contribution >= 0.6 is 18.3 Å². The molecule has 0 radical (unpaired) electrons. The first-order chi connectivity index (χ1) is 8.55. The molecule has 0 atom stereocenters. The van der Waals surface area contributed by atoms with Gasteiger partial charge in [-0.25, -0.2) is 0 Å². The van der Waals surface area contributed by atoms with Crippen molar-refractivity contribution in [3.05, 3.63) is 11.3 Å². The maximum atomic E-state index is 5.78.